The van der Waals surface area contributed by atoms with Gasteiger partial charge in [0.25, 0.3) is 0 Å². The second kappa shape index (κ2) is 5.17. The number of carbonyl (C=O) groups excluding carboxylic acids is 2. The van der Waals surface area contributed by atoms with Gasteiger partial charge in [0.15, 0.2) is 0 Å². The quantitative estimate of drug-likeness (QED) is 0.765. The first-order valence-corrected chi connectivity index (χ1v) is 6.12. The summed E-state index contributed by atoms with van der Waals surface area (Å²) >= 11 is 0. The Morgan fingerprint density at radius 1 is 1.11 bits per heavy atom. The molecule has 0 heterocycles. The van der Waals surface area contributed by atoms with Crippen molar-refractivity contribution in [2.75, 3.05) is 6.61 Å². The van der Waals surface area contributed by atoms with Crippen LogP contribution in [0.25, 0.3) is 5.76 Å². The van der Waals surface area contributed by atoms with Crippen LogP contribution in [0.4, 0.5) is 0 Å². The third-order valence-electron chi connectivity index (χ3n) is 2.88. The summed E-state index contributed by atoms with van der Waals surface area (Å²) in [6, 6.07) is 7.05. The molecule has 3 nitrogen and oxygen atoms in total. The molecule has 0 spiro atoms. The first kappa shape index (κ1) is 12.6. The van der Waals surface area contributed by atoms with Gasteiger partial charge in [-0.15, -0.1) is 0 Å². The standard InChI is InChI=1S/C15H16O3/c1-10(2)7-8-18-14-9-13(16)15(17)12-6-4-3-5-11(12)14/h3-6,9-10H,7-8H2,1-2H3. The molecule has 1 aromatic rings. The fraction of sp³-hybridized carbons (Fsp3) is 0.333. The summed E-state index contributed by atoms with van der Waals surface area (Å²) in [4.78, 5) is 23.3. The van der Waals surface area contributed by atoms with E-state index in [2.05, 4.69) is 13.8 Å². The third-order valence-corrected chi connectivity index (χ3v) is 2.88. The molecule has 0 atom stereocenters. The van der Waals surface area contributed by atoms with Gasteiger partial charge in [-0.05, 0) is 12.3 Å². The Morgan fingerprint density at radius 3 is 2.44 bits per heavy atom. The van der Waals surface area contributed by atoms with Gasteiger partial charge in [0.1, 0.15) is 5.76 Å². The Balaban J connectivity index is 2.22. The number of rotatable bonds is 4. The van der Waals surface area contributed by atoms with Gasteiger partial charge < -0.3 is 4.74 Å². The first-order chi connectivity index (χ1) is 8.59. The highest BCUT2D eigenvalue weighted by Gasteiger charge is 2.26. The average molecular weight is 244 g/mol. The molecule has 0 bridgehead atoms. The number of hydrogen-bond donors (Lipinski definition) is 0. The molecular formula is C15H16O3. The Bertz CT molecular complexity index is 512. The van der Waals surface area contributed by atoms with Crippen LogP contribution in [-0.4, -0.2) is 18.2 Å². The van der Waals surface area contributed by atoms with Crippen LogP contribution >= 0.6 is 0 Å². The van der Waals surface area contributed by atoms with E-state index in [4.69, 9.17) is 4.74 Å². The molecule has 0 amide bonds. The summed E-state index contributed by atoms with van der Waals surface area (Å²) in [6.07, 6.45) is 2.21. The molecule has 0 saturated carbocycles. The second-order valence-electron chi connectivity index (χ2n) is 4.78. The van der Waals surface area contributed by atoms with Gasteiger partial charge >= 0.3 is 0 Å². The molecule has 0 aliphatic heterocycles. The fourth-order valence-electron chi connectivity index (χ4n) is 1.82. The fourth-order valence-corrected chi connectivity index (χ4v) is 1.82. The van der Waals surface area contributed by atoms with Gasteiger partial charge in [-0.25, -0.2) is 0 Å². The molecule has 18 heavy (non-hydrogen) atoms. The molecule has 2 rings (SSSR count). The number of ketones is 2. The Kier molecular flexibility index (Phi) is 3.60. The molecule has 0 radical (unpaired) electrons. The van der Waals surface area contributed by atoms with Crippen LogP contribution in [0.5, 0.6) is 0 Å². The summed E-state index contributed by atoms with van der Waals surface area (Å²) in [7, 11) is 0. The highest BCUT2D eigenvalue weighted by Crippen LogP contribution is 2.26. The van der Waals surface area contributed by atoms with Crippen molar-refractivity contribution in [3.05, 3.63) is 41.5 Å². The van der Waals surface area contributed by atoms with E-state index >= 15 is 0 Å². The summed E-state index contributed by atoms with van der Waals surface area (Å²) in [5, 5.41) is 0. The Labute approximate surface area is 106 Å². The van der Waals surface area contributed by atoms with Gasteiger partial charge in [-0.3, -0.25) is 9.59 Å². The van der Waals surface area contributed by atoms with Gasteiger partial charge in [-0.2, -0.15) is 0 Å². The Hall–Kier alpha value is -1.90. The van der Waals surface area contributed by atoms with Crippen LogP contribution in [-0.2, 0) is 9.53 Å². The minimum absolute atomic E-state index is 0.435. The number of carbonyl (C=O) groups is 2. The number of fused-ring (bicyclic) bond motifs is 1. The van der Waals surface area contributed by atoms with Crippen LogP contribution in [0.2, 0.25) is 0 Å². The predicted molar refractivity (Wildman–Crippen MR) is 69.2 cm³/mol. The lowest BCUT2D eigenvalue weighted by molar-refractivity contribution is -0.111. The van der Waals surface area contributed by atoms with Crippen molar-refractivity contribution in [2.24, 2.45) is 5.92 Å². The van der Waals surface area contributed by atoms with E-state index in [1.54, 1.807) is 18.2 Å². The van der Waals surface area contributed by atoms with Crippen LogP contribution in [0.1, 0.15) is 36.2 Å². The maximum atomic E-state index is 11.7. The Morgan fingerprint density at radius 2 is 1.78 bits per heavy atom. The molecule has 0 fully saturated rings. The SMILES string of the molecule is CC(C)CCOC1=CC(=O)C(=O)c2ccccc21. The lowest BCUT2D eigenvalue weighted by Crippen LogP contribution is -2.19. The van der Waals surface area contributed by atoms with E-state index in [-0.39, 0.29) is 0 Å². The van der Waals surface area contributed by atoms with E-state index < -0.39 is 11.6 Å². The molecule has 1 aliphatic carbocycles. The summed E-state index contributed by atoms with van der Waals surface area (Å²) < 4.78 is 5.63. The monoisotopic (exact) mass is 244 g/mol. The molecule has 94 valence electrons. The zero-order valence-corrected chi connectivity index (χ0v) is 10.6. The lowest BCUT2D eigenvalue weighted by Gasteiger charge is -2.17. The van der Waals surface area contributed by atoms with Crippen molar-refractivity contribution in [1.29, 1.82) is 0 Å². The van der Waals surface area contributed by atoms with Crippen LogP contribution in [0, 0.1) is 5.92 Å². The van der Waals surface area contributed by atoms with Gasteiger partial charge in [-0.1, -0.05) is 38.1 Å². The lowest BCUT2D eigenvalue weighted by atomic mass is 9.94. The maximum absolute atomic E-state index is 11.7. The van der Waals surface area contributed by atoms with Crippen molar-refractivity contribution in [1.82, 2.24) is 0 Å². The molecule has 1 aliphatic rings. The predicted octanol–water partition coefficient (Wildman–Crippen LogP) is 2.86. The molecule has 3 heteroatoms. The number of benzene rings is 1. The number of allylic oxidation sites excluding steroid dienone is 1. The average Bonchev–Trinajstić information content (AvgIpc) is 2.35. The number of hydrogen-bond acceptors (Lipinski definition) is 3. The summed E-state index contributed by atoms with van der Waals surface area (Å²) in [5.41, 5.74) is 1.15. The molecule has 0 aromatic heterocycles. The van der Waals surface area contributed by atoms with Crippen LogP contribution in [0.15, 0.2) is 30.3 Å². The van der Waals surface area contributed by atoms with E-state index in [1.165, 1.54) is 6.08 Å². The van der Waals surface area contributed by atoms with Crippen molar-refractivity contribution in [3.63, 3.8) is 0 Å². The van der Waals surface area contributed by atoms with E-state index in [0.29, 0.717) is 29.4 Å². The van der Waals surface area contributed by atoms with Crippen molar-refractivity contribution in [2.45, 2.75) is 20.3 Å². The third kappa shape index (κ3) is 2.50. The minimum atomic E-state index is -0.506. The highest BCUT2D eigenvalue weighted by molar-refractivity contribution is 6.50. The van der Waals surface area contributed by atoms with E-state index in [0.717, 1.165) is 6.42 Å². The normalized spacial score (nSPS) is 14.5. The van der Waals surface area contributed by atoms with Gasteiger partial charge in [0, 0.05) is 17.2 Å². The van der Waals surface area contributed by atoms with Gasteiger partial charge in [0.05, 0.1) is 6.61 Å². The summed E-state index contributed by atoms with van der Waals surface area (Å²) in [5.74, 6) is 0.0904. The van der Waals surface area contributed by atoms with E-state index in [9.17, 15) is 9.59 Å². The molecule has 1 aromatic carbocycles. The highest BCUT2D eigenvalue weighted by atomic mass is 16.5. The van der Waals surface area contributed by atoms with Crippen LogP contribution in [0.3, 0.4) is 0 Å². The largest absolute Gasteiger partial charge is 0.493 e. The van der Waals surface area contributed by atoms with Crippen molar-refractivity contribution < 1.29 is 14.3 Å². The van der Waals surface area contributed by atoms with Gasteiger partial charge in [0.2, 0.25) is 11.6 Å². The zero-order chi connectivity index (χ0) is 13.1. The smallest absolute Gasteiger partial charge is 0.233 e. The maximum Gasteiger partial charge on any atom is 0.233 e. The van der Waals surface area contributed by atoms with Crippen molar-refractivity contribution >= 4 is 17.3 Å². The summed E-state index contributed by atoms with van der Waals surface area (Å²) in [6.45, 7) is 4.78. The molecule has 0 saturated heterocycles. The van der Waals surface area contributed by atoms with E-state index in [1.807, 2.05) is 6.07 Å². The molecule has 0 unspecified atom stereocenters. The van der Waals surface area contributed by atoms with Crippen molar-refractivity contribution in [3.8, 4) is 0 Å². The topological polar surface area (TPSA) is 43.4 Å². The second-order valence-corrected chi connectivity index (χ2v) is 4.78. The number of ether oxygens (including phenoxy) is 1. The minimum Gasteiger partial charge on any atom is -0.493 e. The molecular weight excluding hydrogens is 228 g/mol. The molecule has 0 N–H and O–H groups in total. The zero-order valence-electron chi connectivity index (χ0n) is 10.6. The first-order valence-electron chi connectivity index (χ1n) is 6.12. The van der Waals surface area contributed by atoms with Crippen LogP contribution < -0.4 is 0 Å². The number of Topliss-reactive ketones (excluding diaryl/α,β-unsaturated/α-hetero) is 1.